The van der Waals surface area contributed by atoms with Crippen molar-refractivity contribution >= 4 is 17.5 Å². The number of aromatic nitrogens is 2. The van der Waals surface area contributed by atoms with Crippen molar-refractivity contribution in [1.29, 1.82) is 0 Å². The Morgan fingerprint density at radius 2 is 1.53 bits per heavy atom. The molecule has 1 aromatic carbocycles. The van der Waals surface area contributed by atoms with Crippen LogP contribution in [0.2, 0.25) is 5.02 Å². The molecule has 202 valence electrons. The van der Waals surface area contributed by atoms with Crippen LogP contribution in [-0.2, 0) is 13.6 Å². The van der Waals surface area contributed by atoms with Gasteiger partial charge in [0.1, 0.15) is 5.69 Å². The van der Waals surface area contributed by atoms with E-state index in [0.29, 0.717) is 0 Å². The number of halogens is 13. The van der Waals surface area contributed by atoms with Crippen LogP contribution in [0.3, 0.4) is 0 Å². The monoisotopic (exact) mass is 565 g/mol. The molecule has 5 nitrogen and oxygen atoms in total. The number of nitrogens with zero attached hydrogens (tertiary/aromatic N) is 2. The summed E-state index contributed by atoms with van der Waals surface area (Å²) in [6, 6.07) is 0. The van der Waals surface area contributed by atoms with Crippen LogP contribution in [0, 0.1) is 30.2 Å². The summed E-state index contributed by atoms with van der Waals surface area (Å²) in [6.45, 7) is -2.95. The van der Waals surface area contributed by atoms with E-state index < -0.39 is 77.8 Å². The number of amides is 1. The molecule has 0 unspecified atom stereocenters. The maximum absolute atomic E-state index is 14.3. The lowest BCUT2D eigenvalue weighted by atomic mass is 10.1. The van der Waals surface area contributed by atoms with Gasteiger partial charge in [0.05, 0.1) is 10.7 Å². The number of carbonyl (C=O) groups is 1. The van der Waals surface area contributed by atoms with E-state index in [0.717, 1.165) is 4.68 Å². The number of alkyl halides is 8. The number of benzene rings is 1. The van der Waals surface area contributed by atoms with Crippen molar-refractivity contribution in [2.75, 3.05) is 6.61 Å². The molecule has 0 fully saturated rings. The number of aryl methyl sites for hydroxylation is 2. The Labute approximate surface area is 197 Å². The zero-order chi connectivity index (χ0) is 28.0. The summed E-state index contributed by atoms with van der Waals surface area (Å²) in [6.07, 6.45) is -5.28. The minimum absolute atomic E-state index is 0.174. The lowest BCUT2D eigenvalue weighted by molar-refractivity contribution is -0.342. The first-order valence-electron chi connectivity index (χ1n) is 9.16. The Balaban J connectivity index is 2.31. The second-order valence-corrected chi connectivity index (χ2v) is 7.49. The molecule has 0 spiro atoms. The highest BCUT2D eigenvalue weighted by molar-refractivity contribution is 6.34. The van der Waals surface area contributed by atoms with Crippen LogP contribution in [0.4, 0.5) is 52.7 Å². The highest BCUT2D eigenvalue weighted by atomic mass is 35.5. The molecule has 1 N–H and O–H groups in total. The molecule has 1 amide bonds. The Morgan fingerprint density at radius 3 is 1.94 bits per heavy atom. The number of nitrogens with one attached hydrogen (secondary N) is 1. The van der Waals surface area contributed by atoms with E-state index in [9.17, 15) is 57.5 Å². The lowest BCUT2D eigenvalue weighted by Gasteiger charge is -2.32. The van der Waals surface area contributed by atoms with E-state index in [1.807, 2.05) is 5.32 Å². The Kier molecular flexibility index (Phi) is 8.08. The summed E-state index contributed by atoms with van der Waals surface area (Å²) in [5.41, 5.74) is -1.67. The molecule has 0 bridgehead atoms. The van der Waals surface area contributed by atoms with E-state index in [1.54, 1.807) is 0 Å². The van der Waals surface area contributed by atoms with Gasteiger partial charge in [-0.3, -0.25) is 9.48 Å². The summed E-state index contributed by atoms with van der Waals surface area (Å²) >= 11 is 5.84. The van der Waals surface area contributed by atoms with Crippen molar-refractivity contribution in [1.82, 2.24) is 15.1 Å². The van der Waals surface area contributed by atoms with Gasteiger partial charge in [-0.25, -0.2) is 17.6 Å². The zero-order valence-electron chi connectivity index (χ0n) is 17.6. The molecule has 0 atom stereocenters. The van der Waals surface area contributed by atoms with Crippen molar-refractivity contribution in [3.8, 4) is 5.75 Å². The molecule has 1 heterocycles. The molecule has 0 radical (unpaired) electrons. The van der Waals surface area contributed by atoms with Gasteiger partial charge in [0, 0.05) is 19.2 Å². The van der Waals surface area contributed by atoms with Crippen molar-refractivity contribution < 1.29 is 62.2 Å². The van der Waals surface area contributed by atoms with E-state index in [-0.39, 0.29) is 16.4 Å². The molecule has 36 heavy (non-hydrogen) atoms. The summed E-state index contributed by atoms with van der Waals surface area (Å²) in [5, 5.41) is 5.46. The van der Waals surface area contributed by atoms with Gasteiger partial charge >= 0.3 is 24.2 Å². The fourth-order valence-electron chi connectivity index (χ4n) is 2.70. The van der Waals surface area contributed by atoms with Crippen LogP contribution in [0.15, 0.2) is 0 Å². The predicted molar refractivity (Wildman–Crippen MR) is 96.7 cm³/mol. The Bertz CT molecular complexity index is 1140. The largest absolute Gasteiger partial charge is 0.481 e. The predicted octanol–water partition coefficient (Wildman–Crippen LogP) is 5.42. The van der Waals surface area contributed by atoms with Gasteiger partial charge in [-0.05, 0) is 6.92 Å². The van der Waals surface area contributed by atoms with Gasteiger partial charge in [-0.15, -0.1) is 0 Å². The van der Waals surface area contributed by atoms with Crippen LogP contribution >= 0.6 is 11.6 Å². The van der Waals surface area contributed by atoms with E-state index in [1.165, 1.54) is 14.0 Å². The molecule has 2 rings (SSSR count). The third kappa shape index (κ3) is 4.88. The first kappa shape index (κ1) is 29.4. The fourth-order valence-corrected chi connectivity index (χ4v) is 2.95. The summed E-state index contributed by atoms with van der Waals surface area (Å²) in [7, 11) is 1.26. The first-order valence-corrected chi connectivity index (χ1v) is 9.53. The number of hydrogen-bond donors (Lipinski definition) is 1. The third-order valence-corrected chi connectivity index (χ3v) is 5.11. The van der Waals surface area contributed by atoms with E-state index in [4.69, 9.17) is 11.6 Å². The SMILES string of the molecule is Cc1nn(C)c(C(=O)NCc2c(F)c(F)c(OCC(F)(F)C(F)(F)C(F)(F)C(F)F)c(F)c2F)c1Cl. The van der Waals surface area contributed by atoms with Gasteiger partial charge in [0.25, 0.3) is 5.91 Å². The van der Waals surface area contributed by atoms with Crippen molar-refractivity contribution in [2.45, 2.75) is 37.7 Å². The van der Waals surface area contributed by atoms with Crippen LogP contribution in [0.25, 0.3) is 0 Å². The van der Waals surface area contributed by atoms with Gasteiger partial charge in [-0.1, -0.05) is 11.6 Å². The van der Waals surface area contributed by atoms with Gasteiger partial charge in [-0.2, -0.15) is 40.2 Å². The summed E-state index contributed by atoms with van der Waals surface area (Å²) in [4.78, 5) is 12.2. The Morgan fingerprint density at radius 1 is 1.03 bits per heavy atom. The first-order chi connectivity index (χ1) is 16.3. The van der Waals surface area contributed by atoms with Gasteiger partial charge < -0.3 is 10.1 Å². The topological polar surface area (TPSA) is 56.2 Å². The standard InChI is InChI=1S/C18H12ClF12N3O2/c1-5-7(19)12(34(2)33-5)14(35)32-3-6-8(20)10(22)13(11(23)9(6)21)36-4-16(26,27)18(30,31)17(28,29)15(24)25/h15H,3-4H2,1-2H3,(H,32,35). The molecule has 0 saturated carbocycles. The third-order valence-electron chi connectivity index (χ3n) is 4.65. The van der Waals surface area contributed by atoms with Gasteiger partial charge in [0.15, 0.2) is 24.0 Å². The van der Waals surface area contributed by atoms with E-state index >= 15 is 0 Å². The second kappa shape index (κ2) is 9.89. The normalized spacial score (nSPS) is 12.9. The lowest BCUT2D eigenvalue weighted by Crippen LogP contribution is -2.59. The fraction of sp³-hybridized carbons (Fsp3) is 0.444. The number of carbonyl (C=O) groups excluding carboxylic acids is 1. The van der Waals surface area contributed by atoms with Crippen molar-refractivity contribution in [2.24, 2.45) is 7.05 Å². The molecule has 0 aliphatic heterocycles. The van der Waals surface area contributed by atoms with Crippen LogP contribution in [-0.4, -0.2) is 46.5 Å². The zero-order valence-corrected chi connectivity index (χ0v) is 18.4. The minimum atomic E-state index is -6.80. The van der Waals surface area contributed by atoms with Crippen molar-refractivity contribution in [3.05, 3.63) is 45.2 Å². The molecular weight excluding hydrogens is 554 g/mol. The maximum Gasteiger partial charge on any atom is 0.381 e. The molecule has 0 aliphatic carbocycles. The second-order valence-electron chi connectivity index (χ2n) is 7.11. The molecular formula is C18H12ClF12N3O2. The van der Waals surface area contributed by atoms with Crippen LogP contribution < -0.4 is 10.1 Å². The molecule has 0 saturated heterocycles. The molecule has 18 heteroatoms. The van der Waals surface area contributed by atoms with Gasteiger partial charge in [0.2, 0.25) is 11.6 Å². The Hall–Kier alpha value is -2.85. The summed E-state index contributed by atoms with van der Waals surface area (Å²) in [5.74, 6) is -32.9. The number of rotatable bonds is 9. The molecule has 1 aromatic heterocycles. The minimum Gasteiger partial charge on any atom is -0.481 e. The highest BCUT2D eigenvalue weighted by Crippen LogP contribution is 2.48. The van der Waals surface area contributed by atoms with Crippen molar-refractivity contribution in [3.63, 3.8) is 0 Å². The van der Waals surface area contributed by atoms with Crippen LogP contribution in [0.1, 0.15) is 21.7 Å². The smallest absolute Gasteiger partial charge is 0.381 e. The molecule has 2 aromatic rings. The van der Waals surface area contributed by atoms with Crippen LogP contribution in [0.5, 0.6) is 5.75 Å². The van der Waals surface area contributed by atoms with E-state index in [2.05, 4.69) is 9.84 Å². The highest BCUT2D eigenvalue weighted by Gasteiger charge is 2.75. The summed E-state index contributed by atoms with van der Waals surface area (Å²) < 4.78 is 165. The quantitative estimate of drug-likeness (QED) is 0.327. The average Bonchev–Trinajstić information content (AvgIpc) is 3.02. The average molecular weight is 566 g/mol. The number of ether oxygens (including phenoxy) is 1. The molecule has 0 aliphatic rings. The number of hydrogen-bond acceptors (Lipinski definition) is 3. The maximum atomic E-state index is 14.3.